The molecule has 0 fully saturated rings. The van der Waals surface area contributed by atoms with E-state index in [-0.39, 0.29) is 37.3 Å². The fourth-order valence-electron chi connectivity index (χ4n) is 4.22. The number of ether oxygens (including phenoxy) is 3. The van der Waals surface area contributed by atoms with Crippen LogP contribution in [0.5, 0.6) is 17.2 Å². The molecule has 0 aromatic heterocycles. The molecular weight excluding hydrogens is 496 g/mol. The minimum Gasteiger partial charge on any atom is -0.497 e. The first-order chi connectivity index (χ1) is 18.7. The number of carbonyl (C=O) groups excluding carboxylic acids is 1. The van der Waals surface area contributed by atoms with Crippen molar-refractivity contribution in [3.63, 3.8) is 0 Å². The number of carboxylic acids is 1. The fourth-order valence-corrected chi connectivity index (χ4v) is 4.22. The molecule has 0 radical (unpaired) electrons. The molecule has 1 unspecified atom stereocenters. The lowest BCUT2D eigenvalue weighted by molar-refractivity contribution is -0.136. The first-order valence-electron chi connectivity index (χ1n) is 12.7. The molecule has 8 heteroatoms. The van der Waals surface area contributed by atoms with E-state index in [0.29, 0.717) is 40.4 Å². The van der Waals surface area contributed by atoms with E-state index >= 15 is 0 Å². The van der Waals surface area contributed by atoms with Crippen LogP contribution in [0.3, 0.4) is 0 Å². The zero-order chi connectivity index (χ0) is 28.4. The van der Waals surface area contributed by atoms with Crippen LogP contribution < -0.4 is 19.5 Å². The quantitative estimate of drug-likeness (QED) is 0.291. The van der Waals surface area contributed by atoms with Gasteiger partial charge in [0.1, 0.15) is 23.9 Å². The maximum atomic E-state index is 13.7. The van der Waals surface area contributed by atoms with Crippen molar-refractivity contribution >= 4 is 11.9 Å². The largest absolute Gasteiger partial charge is 0.497 e. The van der Waals surface area contributed by atoms with Crippen molar-refractivity contribution < 1.29 is 28.9 Å². The minimum absolute atomic E-state index is 0.0976. The van der Waals surface area contributed by atoms with Gasteiger partial charge in [-0.15, -0.1) is 0 Å². The van der Waals surface area contributed by atoms with E-state index in [1.54, 1.807) is 56.7 Å². The Morgan fingerprint density at radius 1 is 0.974 bits per heavy atom. The molecule has 2 N–H and O–H groups in total. The van der Waals surface area contributed by atoms with Gasteiger partial charge in [0, 0.05) is 18.1 Å². The SMILES string of the molecule is COc1cc(OC)cc(C(CC(C)C)NC(=O)c2cc(COc3cccc(C#N)c3)ccc2CCC(=O)O)c1. The van der Waals surface area contributed by atoms with E-state index in [0.717, 1.165) is 11.1 Å². The number of hydrogen-bond donors (Lipinski definition) is 2. The number of nitriles is 1. The summed E-state index contributed by atoms with van der Waals surface area (Å²) in [7, 11) is 3.15. The zero-order valence-electron chi connectivity index (χ0n) is 22.7. The molecule has 0 bridgehead atoms. The predicted molar refractivity (Wildman–Crippen MR) is 147 cm³/mol. The average Bonchev–Trinajstić information content (AvgIpc) is 2.94. The Balaban J connectivity index is 1.91. The smallest absolute Gasteiger partial charge is 0.303 e. The van der Waals surface area contributed by atoms with Crippen molar-refractivity contribution in [2.45, 2.75) is 45.8 Å². The van der Waals surface area contributed by atoms with Crippen molar-refractivity contribution in [3.8, 4) is 23.3 Å². The molecule has 3 rings (SSSR count). The van der Waals surface area contributed by atoms with E-state index in [1.807, 2.05) is 18.2 Å². The Bertz CT molecular complexity index is 1320. The molecule has 1 atom stereocenters. The Hall–Kier alpha value is -4.51. The second-order valence-electron chi connectivity index (χ2n) is 9.62. The number of aryl methyl sites for hydroxylation is 1. The molecule has 0 heterocycles. The topological polar surface area (TPSA) is 118 Å². The van der Waals surface area contributed by atoms with E-state index < -0.39 is 5.97 Å². The summed E-state index contributed by atoms with van der Waals surface area (Å²) < 4.78 is 16.7. The van der Waals surface area contributed by atoms with Crippen molar-refractivity contribution in [2.75, 3.05) is 14.2 Å². The highest BCUT2D eigenvalue weighted by molar-refractivity contribution is 5.96. The van der Waals surface area contributed by atoms with Gasteiger partial charge in [-0.25, -0.2) is 0 Å². The number of amides is 1. The molecule has 1 amide bonds. The van der Waals surface area contributed by atoms with Crippen LogP contribution >= 0.6 is 0 Å². The molecular formula is C31H34N2O6. The summed E-state index contributed by atoms with van der Waals surface area (Å²) in [5.74, 6) is 0.813. The number of carboxylic acid groups (broad SMARTS) is 1. The first kappa shape index (κ1) is 29.1. The third-order valence-electron chi connectivity index (χ3n) is 6.18. The van der Waals surface area contributed by atoms with Crippen molar-refractivity contribution in [1.82, 2.24) is 5.32 Å². The lowest BCUT2D eigenvalue weighted by Gasteiger charge is -2.23. The molecule has 39 heavy (non-hydrogen) atoms. The summed E-state index contributed by atoms with van der Waals surface area (Å²) in [5, 5.41) is 21.5. The molecule has 3 aromatic rings. The number of nitrogens with one attached hydrogen (secondary N) is 1. The van der Waals surface area contributed by atoms with Gasteiger partial charge in [0.25, 0.3) is 5.91 Å². The van der Waals surface area contributed by atoms with Crippen LogP contribution in [0.15, 0.2) is 60.7 Å². The summed E-state index contributed by atoms with van der Waals surface area (Å²) in [6.45, 7) is 4.33. The van der Waals surface area contributed by atoms with Crippen LogP contribution in [0.4, 0.5) is 0 Å². The van der Waals surface area contributed by atoms with Crippen molar-refractivity contribution in [2.24, 2.45) is 5.92 Å². The molecule has 0 spiro atoms. The van der Waals surface area contributed by atoms with Gasteiger partial charge in [-0.05, 0) is 71.8 Å². The molecule has 8 nitrogen and oxygen atoms in total. The molecule has 3 aromatic carbocycles. The summed E-state index contributed by atoms with van der Waals surface area (Å²) in [5.41, 5.74) is 3.10. The van der Waals surface area contributed by atoms with Crippen LogP contribution in [-0.4, -0.2) is 31.2 Å². The zero-order valence-corrected chi connectivity index (χ0v) is 22.7. The Labute approximate surface area is 229 Å². The second-order valence-corrected chi connectivity index (χ2v) is 9.62. The van der Waals surface area contributed by atoms with Crippen LogP contribution in [-0.2, 0) is 17.8 Å². The number of benzene rings is 3. The van der Waals surface area contributed by atoms with Gasteiger partial charge in [-0.3, -0.25) is 9.59 Å². The summed E-state index contributed by atoms with van der Waals surface area (Å²) in [6.07, 6.45) is 0.787. The molecule has 204 valence electrons. The van der Waals surface area contributed by atoms with E-state index in [2.05, 4.69) is 25.2 Å². The second kappa shape index (κ2) is 13.9. The fraction of sp³-hybridized carbons (Fsp3) is 0.323. The van der Waals surface area contributed by atoms with Gasteiger partial charge in [0.2, 0.25) is 0 Å². The van der Waals surface area contributed by atoms with Crippen molar-refractivity contribution in [1.29, 1.82) is 5.26 Å². The highest BCUT2D eigenvalue weighted by atomic mass is 16.5. The molecule has 0 aliphatic rings. The normalized spacial score (nSPS) is 11.4. The summed E-state index contributed by atoms with van der Waals surface area (Å²) in [4.78, 5) is 25.0. The number of methoxy groups -OCH3 is 2. The maximum Gasteiger partial charge on any atom is 0.303 e. The Morgan fingerprint density at radius 2 is 1.69 bits per heavy atom. The third kappa shape index (κ3) is 8.50. The van der Waals surface area contributed by atoms with Gasteiger partial charge in [0.05, 0.1) is 31.9 Å². The van der Waals surface area contributed by atoms with Gasteiger partial charge in [-0.1, -0.05) is 32.0 Å². The van der Waals surface area contributed by atoms with Gasteiger partial charge in [-0.2, -0.15) is 5.26 Å². The number of carbonyl (C=O) groups is 2. The predicted octanol–water partition coefficient (Wildman–Crippen LogP) is 5.69. The molecule has 0 saturated carbocycles. The van der Waals surface area contributed by atoms with Gasteiger partial charge in [0.15, 0.2) is 0 Å². The highest BCUT2D eigenvalue weighted by Crippen LogP contribution is 2.30. The first-order valence-corrected chi connectivity index (χ1v) is 12.7. The maximum absolute atomic E-state index is 13.7. The van der Waals surface area contributed by atoms with E-state index in [9.17, 15) is 14.7 Å². The van der Waals surface area contributed by atoms with Crippen LogP contribution in [0.2, 0.25) is 0 Å². The van der Waals surface area contributed by atoms with Crippen molar-refractivity contribution in [3.05, 3.63) is 88.5 Å². The molecule has 0 aliphatic heterocycles. The number of rotatable bonds is 13. The number of hydrogen-bond acceptors (Lipinski definition) is 6. The molecule has 0 saturated heterocycles. The Kier molecular flexibility index (Phi) is 10.3. The monoisotopic (exact) mass is 530 g/mol. The third-order valence-corrected chi connectivity index (χ3v) is 6.18. The summed E-state index contributed by atoms with van der Waals surface area (Å²) in [6, 6.07) is 19.4. The standard InChI is InChI=1S/C31H34N2O6/c1-20(2)12-29(24-15-26(37-3)17-27(16-24)38-4)33-31(36)28-14-22(8-9-23(28)10-11-30(34)35)19-39-25-7-5-6-21(13-25)18-32/h5-9,13-17,20,29H,10-12,19H2,1-4H3,(H,33,36)(H,34,35). The van der Waals surface area contributed by atoms with E-state index in [4.69, 9.17) is 19.5 Å². The number of aliphatic carboxylic acids is 1. The van der Waals surface area contributed by atoms with Crippen LogP contribution in [0, 0.1) is 17.2 Å². The number of nitrogens with zero attached hydrogens (tertiary/aromatic N) is 1. The lowest BCUT2D eigenvalue weighted by Crippen LogP contribution is -2.30. The van der Waals surface area contributed by atoms with Crippen LogP contribution in [0.25, 0.3) is 0 Å². The van der Waals surface area contributed by atoms with E-state index in [1.165, 1.54) is 0 Å². The lowest BCUT2D eigenvalue weighted by atomic mass is 9.95. The summed E-state index contributed by atoms with van der Waals surface area (Å²) >= 11 is 0. The Morgan fingerprint density at radius 3 is 2.31 bits per heavy atom. The van der Waals surface area contributed by atoms with Gasteiger partial charge >= 0.3 is 5.97 Å². The average molecular weight is 531 g/mol. The molecule has 0 aliphatic carbocycles. The van der Waals surface area contributed by atoms with Crippen LogP contribution in [0.1, 0.15) is 65.3 Å². The highest BCUT2D eigenvalue weighted by Gasteiger charge is 2.21. The van der Waals surface area contributed by atoms with Gasteiger partial charge < -0.3 is 24.6 Å². The minimum atomic E-state index is -0.938.